The molecule has 0 bridgehead atoms. The van der Waals surface area contributed by atoms with E-state index in [0.29, 0.717) is 16.3 Å². The van der Waals surface area contributed by atoms with Crippen LogP contribution in [-0.2, 0) is 4.79 Å². The maximum Gasteiger partial charge on any atom is 0.259 e. The summed E-state index contributed by atoms with van der Waals surface area (Å²) in [6.45, 7) is -0.194. The van der Waals surface area contributed by atoms with Crippen LogP contribution in [0, 0.1) is 0 Å². The number of hydrogen-bond donors (Lipinski definition) is 2. The van der Waals surface area contributed by atoms with Gasteiger partial charge in [-0.2, -0.15) is 5.10 Å². The van der Waals surface area contributed by atoms with E-state index in [-0.39, 0.29) is 12.5 Å². The number of furan rings is 1. The van der Waals surface area contributed by atoms with Gasteiger partial charge < -0.3 is 9.73 Å². The molecule has 2 rings (SSSR count). The Kier molecular flexibility index (Phi) is 5.11. The predicted molar refractivity (Wildman–Crippen MR) is 78.2 cm³/mol. The summed E-state index contributed by atoms with van der Waals surface area (Å²) < 4.78 is 5.00. The Bertz CT molecular complexity index is 653. The third-order valence-corrected chi connectivity index (χ3v) is 2.66. The van der Waals surface area contributed by atoms with Crippen LogP contribution >= 0.6 is 11.6 Å². The minimum absolute atomic E-state index is 0.194. The number of rotatable bonds is 5. The van der Waals surface area contributed by atoms with E-state index in [1.807, 2.05) is 0 Å². The first-order valence-corrected chi connectivity index (χ1v) is 6.42. The molecule has 0 aliphatic rings. The lowest BCUT2D eigenvalue weighted by atomic mass is 10.2. The molecule has 2 N–H and O–H groups in total. The lowest BCUT2D eigenvalue weighted by Crippen LogP contribution is -2.34. The van der Waals surface area contributed by atoms with Gasteiger partial charge in [0.15, 0.2) is 0 Å². The normalized spacial score (nSPS) is 10.5. The van der Waals surface area contributed by atoms with Gasteiger partial charge in [0, 0.05) is 10.6 Å². The van der Waals surface area contributed by atoms with Crippen molar-refractivity contribution in [2.24, 2.45) is 5.10 Å². The first kappa shape index (κ1) is 14.8. The number of nitrogens with zero attached hydrogens (tertiary/aromatic N) is 1. The van der Waals surface area contributed by atoms with Gasteiger partial charge in [-0.15, -0.1) is 0 Å². The molecule has 0 aliphatic carbocycles. The van der Waals surface area contributed by atoms with Gasteiger partial charge in [0.2, 0.25) is 0 Å². The van der Waals surface area contributed by atoms with Crippen molar-refractivity contribution in [3.05, 3.63) is 59.0 Å². The van der Waals surface area contributed by atoms with Crippen LogP contribution in [0.5, 0.6) is 0 Å². The molecule has 0 atom stereocenters. The van der Waals surface area contributed by atoms with E-state index in [2.05, 4.69) is 15.8 Å². The number of hydrazone groups is 1. The Morgan fingerprint density at radius 1 is 1.29 bits per heavy atom. The smallest absolute Gasteiger partial charge is 0.259 e. The Balaban J connectivity index is 1.77. The SMILES string of the molecule is O=C(CNC(=O)c1cccc(Cl)c1)N/N=C/c1ccco1. The topological polar surface area (TPSA) is 83.7 Å². The van der Waals surface area contributed by atoms with Gasteiger partial charge >= 0.3 is 0 Å². The van der Waals surface area contributed by atoms with Crippen LogP contribution in [0.2, 0.25) is 5.02 Å². The average molecular weight is 306 g/mol. The minimum atomic E-state index is -0.451. The second-order valence-electron chi connectivity index (χ2n) is 4.00. The Morgan fingerprint density at radius 2 is 2.14 bits per heavy atom. The fraction of sp³-hybridized carbons (Fsp3) is 0.0714. The number of hydrogen-bond acceptors (Lipinski definition) is 4. The van der Waals surface area contributed by atoms with E-state index in [0.717, 1.165) is 0 Å². The van der Waals surface area contributed by atoms with E-state index in [9.17, 15) is 9.59 Å². The number of amides is 2. The highest BCUT2D eigenvalue weighted by atomic mass is 35.5. The van der Waals surface area contributed by atoms with Gasteiger partial charge in [0.05, 0.1) is 19.0 Å². The van der Waals surface area contributed by atoms with Crippen molar-refractivity contribution in [1.29, 1.82) is 0 Å². The summed E-state index contributed by atoms with van der Waals surface area (Å²) in [6.07, 6.45) is 2.85. The fourth-order valence-electron chi connectivity index (χ4n) is 1.46. The molecular weight excluding hydrogens is 294 g/mol. The number of halogens is 1. The average Bonchev–Trinajstić information content (AvgIpc) is 2.98. The summed E-state index contributed by atoms with van der Waals surface area (Å²) in [5.41, 5.74) is 2.65. The zero-order valence-corrected chi connectivity index (χ0v) is 11.6. The van der Waals surface area contributed by atoms with Crippen molar-refractivity contribution in [3.63, 3.8) is 0 Å². The van der Waals surface area contributed by atoms with Crippen LogP contribution in [0.25, 0.3) is 0 Å². The Morgan fingerprint density at radius 3 is 2.86 bits per heavy atom. The standard InChI is InChI=1S/C14H12ClN3O3/c15-11-4-1-3-10(7-11)14(20)16-9-13(19)18-17-8-12-5-2-6-21-12/h1-8H,9H2,(H,16,20)(H,18,19)/b17-8+. The summed E-state index contributed by atoms with van der Waals surface area (Å²) in [6, 6.07) is 9.84. The highest BCUT2D eigenvalue weighted by Crippen LogP contribution is 2.10. The summed E-state index contributed by atoms with van der Waals surface area (Å²) in [5, 5.41) is 6.60. The molecule has 2 amide bonds. The van der Waals surface area contributed by atoms with Gasteiger partial charge in [-0.25, -0.2) is 5.43 Å². The molecule has 21 heavy (non-hydrogen) atoms. The van der Waals surface area contributed by atoms with Crippen molar-refractivity contribution in [2.75, 3.05) is 6.54 Å². The lowest BCUT2D eigenvalue weighted by molar-refractivity contribution is -0.120. The van der Waals surface area contributed by atoms with Crippen molar-refractivity contribution in [3.8, 4) is 0 Å². The molecule has 0 radical (unpaired) electrons. The highest BCUT2D eigenvalue weighted by Gasteiger charge is 2.07. The lowest BCUT2D eigenvalue weighted by Gasteiger charge is -2.04. The molecule has 0 saturated carbocycles. The molecule has 6 nitrogen and oxygen atoms in total. The maximum absolute atomic E-state index is 11.8. The van der Waals surface area contributed by atoms with Gasteiger partial charge in [-0.05, 0) is 30.3 Å². The molecule has 1 aromatic heterocycles. The molecule has 1 heterocycles. The third-order valence-electron chi connectivity index (χ3n) is 2.42. The van der Waals surface area contributed by atoms with Gasteiger partial charge in [0.25, 0.3) is 11.8 Å². The summed E-state index contributed by atoms with van der Waals surface area (Å²) in [4.78, 5) is 23.2. The second-order valence-corrected chi connectivity index (χ2v) is 4.44. The maximum atomic E-state index is 11.8. The monoisotopic (exact) mass is 305 g/mol. The molecular formula is C14H12ClN3O3. The zero-order chi connectivity index (χ0) is 15.1. The fourth-order valence-corrected chi connectivity index (χ4v) is 1.65. The van der Waals surface area contributed by atoms with Gasteiger partial charge in [-0.3, -0.25) is 9.59 Å². The molecule has 0 spiro atoms. The van der Waals surface area contributed by atoms with Crippen molar-refractivity contribution in [1.82, 2.24) is 10.7 Å². The number of nitrogens with one attached hydrogen (secondary N) is 2. The van der Waals surface area contributed by atoms with E-state index >= 15 is 0 Å². The third kappa shape index (κ3) is 4.77. The molecule has 7 heteroatoms. The van der Waals surface area contributed by atoms with Gasteiger partial charge in [0.1, 0.15) is 5.76 Å². The van der Waals surface area contributed by atoms with Crippen LogP contribution < -0.4 is 10.7 Å². The van der Waals surface area contributed by atoms with E-state index < -0.39 is 5.91 Å². The Labute approximate surface area is 125 Å². The van der Waals surface area contributed by atoms with E-state index in [4.69, 9.17) is 16.0 Å². The highest BCUT2D eigenvalue weighted by molar-refractivity contribution is 6.30. The molecule has 0 aliphatic heterocycles. The molecule has 1 aromatic carbocycles. The van der Waals surface area contributed by atoms with Gasteiger partial charge in [-0.1, -0.05) is 17.7 Å². The first-order chi connectivity index (χ1) is 10.1. The summed E-state index contributed by atoms with van der Waals surface area (Å²) in [5.74, 6) is -0.325. The van der Waals surface area contributed by atoms with Crippen molar-refractivity contribution < 1.29 is 14.0 Å². The van der Waals surface area contributed by atoms with Crippen LogP contribution in [-0.4, -0.2) is 24.6 Å². The van der Waals surface area contributed by atoms with Crippen molar-refractivity contribution in [2.45, 2.75) is 0 Å². The van der Waals surface area contributed by atoms with Crippen LogP contribution in [0.1, 0.15) is 16.1 Å². The predicted octanol–water partition coefficient (Wildman–Crippen LogP) is 1.81. The van der Waals surface area contributed by atoms with Crippen LogP contribution in [0.3, 0.4) is 0 Å². The quantitative estimate of drug-likeness (QED) is 0.653. The Hall–Kier alpha value is -2.60. The van der Waals surface area contributed by atoms with E-state index in [1.165, 1.54) is 18.5 Å². The molecule has 2 aromatic rings. The number of carbonyl (C=O) groups is 2. The van der Waals surface area contributed by atoms with E-state index in [1.54, 1.807) is 30.3 Å². The first-order valence-electron chi connectivity index (χ1n) is 6.04. The molecule has 108 valence electrons. The van der Waals surface area contributed by atoms with Crippen LogP contribution in [0.15, 0.2) is 52.2 Å². The van der Waals surface area contributed by atoms with Crippen molar-refractivity contribution >= 4 is 29.6 Å². The summed E-state index contributed by atoms with van der Waals surface area (Å²) in [7, 11) is 0. The number of benzene rings is 1. The van der Waals surface area contributed by atoms with Crippen LogP contribution in [0.4, 0.5) is 0 Å². The summed E-state index contributed by atoms with van der Waals surface area (Å²) >= 11 is 5.78. The number of carbonyl (C=O) groups excluding carboxylic acids is 2. The largest absolute Gasteiger partial charge is 0.463 e. The molecule has 0 fully saturated rings. The second kappa shape index (κ2) is 7.25. The zero-order valence-electron chi connectivity index (χ0n) is 10.9. The molecule has 0 unspecified atom stereocenters. The minimum Gasteiger partial charge on any atom is -0.463 e. The molecule has 0 saturated heterocycles.